The molecule has 76 valence electrons. The molecular formula is C9H11N2NaO3. The van der Waals surface area contributed by atoms with Crippen molar-refractivity contribution in [2.24, 2.45) is 0 Å². The first-order valence-electron chi connectivity index (χ1n) is 3.41. The van der Waals surface area contributed by atoms with E-state index in [0.29, 0.717) is 0 Å². The van der Waals surface area contributed by atoms with Crippen LogP contribution in [0.5, 0.6) is 0 Å². The fourth-order valence-corrected chi connectivity index (χ4v) is 0.220. The van der Waals surface area contributed by atoms with Crippen LogP contribution in [-0.4, -0.2) is 46.5 Å². The Morgan fingerprint density at radius 3 is 2.07 bits per heavy atom. The van der Waals surface area contributed by atoms with Gasteiger partial charge in [0.25, 0.3) is 0 Å². The molecule has 0 aliphatic carbocycles. The van der Waals surface area contributed by atoms with Crippen LogP contribution in [0.15, 0.2) is 37.6 Å². The van der Waals surface area contributed by atoms with E-state index in [-0.39, 0.29) is 35.5 Å². The fraction of sp³-hybridized carbons (Fsp3) is 0. The van der Waals surface area contributed by atoms with E-state index in [1.807, 2.05) is 0 Å². The quantitative estimate of drug-likeness (QED) is 0.394. The van der Waals surface area contributed by atoms with Crippen LogP contribution in [0, 0.1) is 11.3 Å². The first-order chi connectivity index (χ1) is 6.58. The van der Waals surface area contributed by atoms with Gasteiger partial charge in [-0.2, -0.15) is 5.26 Å². The molecule has 0 saturated carbocycles. The van der Waals surface area contributed by atoms with Gasteiger partial charge >= 0.3 is 35.5 Å². The molecule has 2 N–H and O–H groups in total. The number of amides is 1. The zero-order chi connectivity index (χ0) is 11.4. The third kappa shape index (κ3) is 24.5. The average Bonchev–Trinajstić information content (AvgIpc) is 2.19. The van der Waals surface area contributed by atoms with Gasteiger partial charge in [-0.15, -0.1) is 0 Å². The Hall–Kier alpha value is -1.35. The molecule has 0 atom stereocenters. The van der Waals surface area contributed by atoms with Crippen LogP contribution in [0.4, 0.5) is 0 Å². The summed E-state index contributed by atoms with van der Waals surface area (Å²) < 4.78 is 0. The molecule has 1 amide bonds. The molecule has 0 spiro atoms. The summed E-state index contributed by atoms with van der Waals surface area (Å²) >= 11 is 0. The van der Waals surface area contributed by atoms with Crippen molar-refractivity contribution in [3.8, 4) is 6.07 Å². The van der Waals surface area contributed by atoms with Gasteiger partial charge in [0.15, 0.2) is 0 Å². The normalized spacial score (nSPS) is 7.13. The predicted octanol–water partition coefficient (Wildman–Crippen LogP) is -0.0656. The molecule has 0 aliphatic heterocycles. The monoisotopic (exact) mass is 218 g/mol. The number of nitrogens with zero attached hydrogens (tertiary/aromatic N) is 1. The van der Waals surface area contributed by atoms with Crippen LogP contribution in [0.3, 0.4) is 0 Å². The fourth-order valence-electron chi connectivity index (χ4n) is 0.220. The summed E-state index contributed by atoms with van der Waals surface area (Å²) in [5.74, 6) is -1.30. The predicted molar refractivity (Wildman–Crippen MR) is 58.1 cm³/mol. The van der Waals surface area contributed by atoms with Crippen LogP contribution < -0.4 is 5.32 Å². The van der Waals surface area contributed by atoms with Crippen molar-refractivity contribution < 1.29 is 14.7 Å². The van der Waals surface area contributed by atoms with Crippen molar-refractivity contribution in [1.29, 1.82) is 5.26 Å². The number of nitriles is 1. The summed E-state index contributed by atoms with van der Waals surface area (Å²) in [5, 5.41) is 17.8. The van der Waals surface area contributed by atoms with Crippen molar-refractivity contribution in [1.82, 2.24) is 5.32 Å². The number of carboxylic acids is 1. The van der Waals surface area contributed by atoms with E-state index in [4.69, 9.17) is 10.4 Å². The minimum absolute atomic E-state index is 0. The van der Waals surface area contributed by atoms with Gasteiger partial charge in [0.05, 0.1) is 6.07 Å². The minimum atomic E-state index is -0.981. The molecule has 0 aromatic rings. The summed E-state index contributed by atoms with van der Waals surface area (Å²) in [5.41, 5.74) is 0. The van der Waals surface area contributed by atoms with Gasteiger partial charge in [-0.05, 0) is 6.08 Å². The molecule has 0 fully saturated rings. The standard InChI is InChI=1S/C6H6N2O.C3H4O2.Na.H/c1-2-6(9)8-5-3-4-7;1-2-3(4)5;;/h2-3,5H,1H2,(H,8,9);2H,1H2,(H,4,5);;. The van der Waals surface area contributed by atoms with Crippen molar-refractivity contribution in [2.75, 3.05) is 0 Å². The molecule has 15 heavy (non-hydrogen) atoms. The van der Waals surface area contributed by atoms with E-state index in [1.165, 1.54) is 12.3 Å². The number of hydrogen-bond donors (Lipinski definition) is 2. The molecular weight excluding hydrogens is 207 g/mol. The molecule has 0 aromatic carbocycles. The zero-order valence-corrected chi connectivity index (χ0v) is 7.43. The van der Waals surface area contributed by atoms with Gasteiger partial charge < -0.3 is 10.4 Å². The van der Waals surface area contributed by atoms with E-state index in [0.717, 1.165) is 12.2 Å². The Morgan fingerprint density at radius 1 is 1.33 bits per heavy atom. The maximum atomic E-state index is 10.3. The first kappa shape index (κ1) is 19.3. The van der Waals surface area contributed by atoms with Gasteiger partial charge in [-0.3, -0.25) is 4.79 Å². The number of carbonyl (C=O) groups excluding carboxylic acids is 1. The van der Waals surface area contributed by atoms with Gasteiger partial charge in [0.1, 0.15) is 0 Å². The van der Waals surface area contributed by atoms with Crippen molar-refractivity contribution >= 4 is 41.4 Å². The Morgan fingerprint density at radius 2 is 1.80 bits per heavy atom. The van der Waals surface area contributed by atoms with Crippen molar-refractivity contribution in [3.05, 3.63) is 37.6 Å². The van der Waals surface area contributed by atoms with E-state index in [9.17, 15) is 9.59 Å². The van der Waals surface area contributed by atoms with Gasteiger partial charge in [-0.1, -0.05) is 13.2 Å². The Balaban J connectivity index is -0.000000208. The molecule has 0 saturated heterocycles. The average molecular weight is 218 g/mol. The van der Waals surface area contributed by atoms with E-state index in [1.54, 1.807) is 6.07 Å². The van der Waals surface area contributed by atoms with Gasteiger partial charge in [0.2, 0.25) is 5.91 Å². The second-order valence-corrected chi connectivity index (χ2v) is 1.72. The molecule has 6 heteroatoms. The number of aliphatic carboxylic acids is 1. The molecule has 0 radical (unpaired) electrons. The van der Waals surface area contributed by atoms with E-state index in [2.05, 4.69) is 18.5 Å². The Bertz CT molecular complexity index is 292. The number of nitrogens with one attached hydrogen (secondary N) is 1. The molecule has 0 rings (SSSR count). The molecule has 0 unspecified atom stereocenters. The van der Waals surface area contributed by atoms with Gasteiger partial charge in [-0.25, -0.2) is 4.79 Å². The second kappa shape index (κ2) is 15.1. The molecule has 0 aromatic heterocycles. The number of carboxylic acid groups (broad SMARTS) is 1. The summed E-state index contributed by atoms with van der Waals surface area (Å²) in [6, 6.07) is 1.72. The Kier molecular flexibility index (Phi) is 19.4. The zero-order valence-electron chi connectivity index (χ0n) is 7.43. The molecule has 5 nitrogen and oxygen atoms in total. The van der Waals surface area contributed by atoms with Crippen molar-refractivity contribution in [2.45, 2.75) is 0 Å². The topological polar surface area (TPSA) is 90.2 Å². The number of hydrogen-bond acceptors (Lipinski definition) is 3. The Labute approximate surface area is 110 Å². The number of allylic oxidation sites excluding steroid dienone is 1. The number of rotatable bonds is 3. The summed E-state index contributed by atoms with van der Waals surface area (Å²) in [7, 11) is 0. The molecule has 0 heterocycles. The SMILES string of the molecule is C=CC(=O)NC=CC#N.C=CC(=O)O.[NaH]. The summed E-state index contributed by atoms with van der Waals surface area (Å²) in [6.45, 7) is 6.17. The third-order valence-electron chi connectivity index (χ3n) is 0.743. The van der Waals surface area contributed by atoms with Crippen molar-refractivity contribution in [3.63, 3.8) is 0 Å². The molecule has 0 aliphatic rings. The van der Waals surface area contributed by atoms with Crippen LogP contribution in [0.1, 0.15) is 0 Å². The van der Waals surface area contributed by atoms with Crippen LogP contribution in [0.2, 0.25) is 0 Å². The van der Waals surface area contributed by atoms with Crippen LogP contribution in [-0.2, 0) is 9.59 Å². The summed E-state index contributed by atoms with van der Waals surface area (Å²) in [6.07, 6.45) is 4.38. The maximum absolute atomic E-state index is 10.3. The van der Waals surface area contributed by atoms with Crippen LogP contribution >= 0.6 is 0 Å². The summed E-state index contributed by atoms with van der Waals surface area (Å²) in [4.78, 5) is 19.5. The second-order valence-electron chi connectivity index (χ2n) is 1.72. The van der Waals surface area contributed by atoms with E-state index >= 15 is 0 Å². The number of carbonyl (C=O) groups is 2. The third-order valence-corrected chi connectivity index (χ3v) is 0.743. The molecule has 0 bridgehead atoms. The van der Waals surface area contributed by atoms with Crippen LogP contribution in [0.25, 0.3) is 0 Å². The van der Waals surface area contributed by atoms with Gasteiger partial charge in [0, 0.05) is 18.4 Å². The first-order valence-corrected chi connectivity index (χ1v) is 3.41. The van der Waals surface area contributed by atoms with E-state index < -0.39 is 5.97 Å².